The summed E-state index contributed by atoms with van der Waals surface area (Å²) in [7, 11) is 0. The van der Waals surface area contributed by atoms with Gasteiger partial charge < -0.3 is 14.8 Å². The van der Waals surface area contributed by atoms with E-state index in [4.69, 9.17) is 9.47 Å². The van der Waals surface area contributed by atoms with Crippen molar-refractivity contribution in [3.63, 3.8) is 0 Å². The van der Waals surface area contributed by atoms with Crippen LogP contribution in [0.4, 0.5) is 5.69 Å². The second kappa shape index (κ2) is 8.21. The van der Waals surface area contributed by atoms with Gasteiger partial charge in [0, 0.05) is 5.69 Å². The molecule has 1 amide bonds. The summed E-state index contributed by atoms with van der Waals surface area (Å²) in [4.78, 5) is 12.1. The van der Waals surface area contributed by atoms with Crippen molar-refractivity contribution in [3.05, 3.63) is 83.9 Å². The molecule has 132 valence electrons. The molecule has 3 aromatic carbocycles. The van der Waals surface area contributed by atoms with Gasteiger partial charge in [0.25, 0.3) is 5.91 Å². The Hall–Kier alpha value is -3.27. The number of anilines is 1. The molecule has 0 fully saturated rings. The highest BCUT2D eigenvalue weighted by Gasteiger charge is 2.07. The second-order valence-corrected chi connectivity index (χ2v) is 5.97. The smallest absolute Gasteiger partial charge is 0.262 e. The average molecular weight is 347 g/mol. The minimum Gasteiger partial charge on any atom is -0.484 e. The third kappa shape index (κ3) is 4.63. The van der Waals surface area contributed by atoms with Gasteiger partial charge in [-0.2, -0.15) is 0 Å². The van der Waals surface area contributed by atoms with Gasteiger partial charge in [0.2, 0.25) is 0 Å². The third-order valence-corrected chi connectivity index (χ3v) is 4.05. The molecule has 0 aromatic heterocycles. The van der Waals surface area contributed by atoms with E-state index < -0.39 is 0 Å². The molecule has 0 radical (unpaired) electrons. The molecule has 0 bridgehead atoms. The lowest BCUT2D eigenvalue weighted by Gasteiger charge is -2.11. The quantitative estimate of drug-likeness (QED) is 0.674. The summed E-state index contributed by atoms with van der Waals surface area (Å²) in [6, 6.07) is 22.6. The van der Waals surface area contributed by atoms with E-state index in [1.54, 1.807) is 12.1 Å². The van der Waals surface area contributed by atoms with Gasteiger partial charge in [-0.1, -0.05) is 30.3 Å². The summed E-state index contributed by atoms with van der Waals surface area (Å²) in [5.74, 6) is 1.90. The molecule has 3 aromatic rings. The summed E-state index contributed by atoms with van der Waals surface area (Å²) in [6.45, 7) is 3.95. The Balaban J connectivity index is 1.53. The Morgan fingerprint density at radius 3 is 2.19 bits per heavy atom. The van der Waals surface area contributed by atoms with Gasteiger partial charge in [-0.25, -0.2) is 0 Å². The second-order valence-electron chi connectivity index (χ2n) is 5.97. The molecule has 0 saturated carbocycles. The molecule has 0 aliphatic rings. The van der Waals surface area contributed by atoms with Crippen LogP contribution in [0, 0.1) is 13.8 Å². The lowest BCUT2D eigenvalue weighted by atomic mass is 10.1. The van der Waals surface area contributed by atoms with Crippen LogP contribution >= 0.6 is 0 Å². The van der Waals surface area contributed by atoms with Crippen LogP contribution in [0.15, 0.2) is 72.8 Å². The largest absolute Gasteiger partial charge is 0.484 e. The molecule has 0 unspecified atom stereocenters. The van der Waals surface area contributed by atoms with E-state index in [-0.39, 0.29) is 12.5 Å². The van der Waals surface area contributed by atoms with Gasteiger partial charge in [-0.15, -0.1) is 0 Å². The van der Waals surface area contributed by atoms with Gasteiger partial charge in [0.1, 0.15) is 17.2 Å². The fraction of sp³-hybridized carbons (Fsp3) is 0.136. The summed E-state index contributed by atoms with van der Waals surface area (Å²) in [6.07, 6.45) is 0. The van der Waals surface area contributed by atoms with Crippen molar-refractivity contribution in [2.24, 2.45) is 0 Å². The van der Waals surface area contributed by atoms with Crippen LogP contribution in [0.2, 0.25) is 0 Å². The zero-order chi connectivity index (χ0) is 18.4. The highest BCUT2D eigenvalue weighted by Crippen LogP contribution is 2.23. The van der Waals surface area contributed by atoms with E-state index in [9.17, 15) is 4.79 Å². The van der Waals surface area contributed by atoms with Crippen molar-refractivity contribution < 1.29 is 14.3 Å². The predicted molar refractivity (Wildman–Crippen MR) is 103 cm³/mol. The number of ether oxygens (including phenoxy) is 2. The van der Waals surface area contributed by atoms with Crippen LogP contribution in [0.25, 0.3) is 0 Å². The van der Waals surface area contributed by atoms with Gasteiger partial charge in [0.05, 0.1) is 0 Å². The van der Waals surface area contributed by atoms with Crippen molar-refractivity contribution in [1.29, 1.82) is 0 Å². The van der Waals surface area contributed by atoms with Gasteiger partial charge in [0.15, 0.2) is 6.61 Å². The molecule has 4 nitrogen and oxygen atoms in total. The number of aryl methyl sites for hydroxylation is 1. The van der Waals surface area contributed by atoms with E-state index >= 15 is 0 Å². The number of amides is 1. The lowest BCUT2D eigenvalue weighted by molar-refractivity contribution is -0.118. The molecule has 0 spiro atoms. The molecular formula is C22H21NO3. The van der Waals surface area contributed by atoms with E-state index in [0.29, 0.717) is 11.5 Å². The molecular weight excluding hydrogens is 326 g/mol. The number of hydrogen-bond donors (Lipinski definition) is 1. The van der Waals surface area contributed by atoms with Crippen molar-refractivity contribution in [2.75, 3.05) is 11.9 Å². The first kappa shape index (κ1) is 17.5. The minimum atomic E-state index is -0.191. The predicted octanol–water partition coefficient (Wildman–Crippen LogP) is 5.11. The maximum absolute atomic E-state index is 12.1. The van der Waals surface area contributed by atoms with E-state index in [1.165, 1.54) is 0 Å². The number of benzene rings is 3. The van der Waals surface area contributed by atoms with Crippen LogP contribution in [-0.4, -0.2) is 12.5 Å². The topological polar surface area (TPSA) is 47.6 Å². The number of carbonyl (C=O) groups is 1. The number of nitrogens with one attached hydrogen (secondary N) is 1. The van der Waals surface area contributed by atoms with Crippen LogP contribution in [0.5, 0.6) is 17.2 Å². The number of rotatable bonds is 6. The first-order valence-corrected chi connectivity index (χ1v) is 8.43. The number of para-hydroxylation sites is 1. The third-order valence-electron chi connectivity index (χ3n) is 4.05. The van der Waals surface area contributed by atoms with E-state index in [2.05, 4.69) is 5.32 Å². The Kier molecular flexibility index (Phi) is 5.54. The molecule has 1 N–H and O–H groups in total. The number of carbonyl (C=O) groups excluding carboxylic acids is 1. The Labute approximate surface area is 153 Å². The van der Waals surface area contributed by atoms with Gasteiger partial charge >= 0.3 is 0 Å². The van der Waals surface area contributed by atoms with Gasteiger partial charge in [-0.3, -0.25) is 4.79 Å². The monoisotopic (exact) mass is 347 g/mol. The normalized spacial score (nSPS) is 10.2. The van der Waals surface area contributed by atoms with Crippen LogP contribution in [0.3, 0.4) is 0 Å². The Bertz CT molecular complexity index is 874. The molecule has 0 heterocycles. The van der Waals surface area contributed by atoms with Crippen molar-refractivity contribution in [3.8, 4) is 17.2 Å². The standard InChI is InChI=1S/C22H21NO3/c1-16-7-6-10-21(17(16)2)23-22(24)15-25-18-11-13-20(14-12-18)26-19-8-4-3-5-9-19/h3-14H,15H2,1-2H3,(H,23,24). The molecule has 3 rings (SSSR count). The zero-order valence-electron chi connectivity index (χ0n) is 14.9. The fourth-order valence-corrected chi connectivity index (χ4v) is 2.45. The lowest BCUT2D eigenvalue weighted by Crippen LogP contribution is -2.20. The molecule has 0 aliphatic carbocycles. The van der Waals surface area contributed by atoms with E-state index in [1.807, 2.05) is 74.5 Å². The molecule has 4 heteroatoms. The van der Waals surface area contributed by atoms with Crippen molar-refractivity contribution in [1.82, 2.24) is 0 Å². The van der Waals surface area contributed by atoms with Crippen LogP contribution in [0.1, 0.15) is 11.1 Å². The maximum Gasteiger partial charge on any atom is 0.262 e. The molecule has 0 aliphatic heterocycles. The summed E-state index contributed by atoms with van der Waals surface area (Å²) < 4.78 is 11.3. The molecule has 26 heavy (non-hydrogen) atoms. The molecule has 0 atom stereocenters. The first-order valence-electron chi connectivity index (χ1n) is 8.43. The van der Waals surface area contributed by atoms with E-state index in [0.717, 1.165) is 22.6 Å². The van der Waals surface area contributed by atoms with Crippen LogP contribution in [-0.2, 0) is 4.79 Å². The summed E-state index contributed by atoms with van der Waals surface area (Å²) in [5, 5.41) is 2.88. The Morgan fingerprint density at radius 2 is 1.46 bits per heavy atom. The van der Waals surface area contributed by atoms with Crippen molar-refractivity contribution in [2.45, 2.75) is 13.8 Å². The van der Waals surface area contributed by atoms with Crippen LogP contribution < -0.4 is 14.8 Å². The summed E-state index contributed by atoms with van der Waals surface area (Å²) >= 11 is 0. The number of hydrogen-bond acceptors (Lipinski definition) is 3. The van der Waals surface area contributed by atoms with Crippen molar-refractivity contribution >= 4 is 11.6 Å². The highest BCUT2D eigenvalue weighted by molar-refractivity contribution is 5.92. The highest BCUT2D eigenvalue weighted by atomic mass is 16.5. The SMILES string of the molecule is Cc1cccc(NC(=O)COc2ccc(Oc3ccccc3)cc2)c1C. The minimum absolute atomic E-state index is 0.0493. The Morgan fingerprint density at radius 1 is 0.808 bits per heavy atom. The fourth-order valence-electron chi connectivity index (χ4n) is 2.45. The zero-order valence-corrected chi connectivity index (χ0v) is 14.9. The summed E-state index contributed by atoms with van der Waals surface area (Å²) in [5.41, 5.74) is 3.01. The molecule has 0 saturated heterocycles. The maximum atomic E-state index is 12.1. The van der Waals surface area contributed by atoms with Gasteiger partial charge in [-0.05, 0) is 67.4 Å². The first-order chi connectivity index (χ1) is 12.6. The average Bonchev–Trinajstić information content (AvgIpc) is 2.66.